The van der Waals surface area contributed by atoms with Gasteiger partial charge >= 0.3 is 0 Å². The van der Waals surface area contributed by atoms with Crippen molar-refractivity contribution in [3.8, 4) is 0 Å². The molecule has 0 aromatic heterocycles. The van der Waals surface area contributed by atoms with Crippen LogP contribution in [0.3, 0.4) is 0 Å². The first-order valence-corrected chi connectivity index (χ1v) is 0. The van der Waals surface area contributed by atoms with Crippen LogP contribution in [0, 0.1) is 0 Å². The Morgan fingerprint density at radius 2 is 1.00 bits per heavy atom. The van der Waals surface area contributed by atoms with E-state index in [1.807, 2.05) is 0 Å². The SMILES string of the molecule is [O].[P].[V].[Zn]. The third-order valence-electron chi connectivity index (χ3n) is 0. The fraction of sp³-hybridized carbons (Fsp3) is 0. The Balaban J connectivity index is 0. The maximum Gasteiger partial charge on any atom is 0 e. The fourth-order valence-corrected chi connectivity index (χ4v) is 0. The number of rotatable bonds is 0. The molecule has 0 bridgehead atoms. The second kappa shape index (κ2) is 23.3. The average Bonchev–Trinajstić information content (AvgIpc) is 0. The second-order valence-electron chi connectivity index (χ2n) is 0. The Morgan fingerprint density at radius 3 is 1.00 bits per heavy atom. The summed E-state index contributed by atoms with van der Waals surface area (Å²) in [6.07, 6.45) is 0. The maximum atomic E-state index is 0. The van der Waals surface area contributed by atoms with E-state index in [-0.39, 0.29) is 53.4 Å². The van der Waals surface area contributed by atoms with Crippen molar-refractivity contribution < 1.29 is 43.5 Å². The van der Waals surface area contributed by atoms with E-state index in [4.69, 9.17) is 0 Å². The molecule has 0 saturated carbocycles. The van der Waals surface area contributed by atoms with Crippen LogP contribution in [0.25, 0.3) is 0 Å². The largest absolute Gasteiger partial charge is 0 e. The molecule has 0 saturated heterocycles. The monoisotopic (exact) mass is 162 g/mol. The van der Waals surface area contributed by atoms with Crippen molar-refractivity contribution in [3.05, 3.63) is 0 Å². The van der Waals surface area contributed by atoms with Gasteiger partial charge in [-0.05, 0) is 0 Å². The van der Waals surface area contributed by atoms with Crippen molar-refractivity contribution >= 4 is 9.90 Å². The summed E-state index contributed by atoms with van der Waals surface area (Å²) in [6, 6.07) is 0. The van der Waals surface area contributed by atoms with Crippen molar-refractivity contribution in [2.24, 2.45) is 0 Å². The van der Waals surface area contributed by atoms with Gasteiger partial charge in [0.15, 0.2) is 0 Å². The molecule has 0 aliphatic rings. The molecule has 0 N–H and O–H groups in total. The average molecular weight is 163 g/mol. The smallest absolute Gasteiger partial charge is 0 e. The van der Waals surface area contributed by atoms with Crippen LogP contribution in [-0.2, 0) is 43.5 Å². The molecular weight excluding hydrogens is 163 g/mol. The predicted octanol–water partition coefficient (Wildman–Crippen LogP) is 0.737. The summed E-state index contributed by atoms with van der Waals surface area (Å²) < 4.78 is 0. The summed E-state index contributed by atoms with van der Waals surface area (Å²) in [5.74, 6) is 0. The summed E-state index contributed by atoms with van der Waals surface area (Å²) in [6.45, 7) is 0. The van der Waals surface area contributed by atoms with Gasteiger partial charge in [-0.1, -0.05) is 0 Å². The van der Waals surface area contributed by atoms with Gasteiger partial charge in [0, 0.05) is 53.4 Å². The molecule has 1 nitrogen and oxygen atoms in total. The Hall–Kier alpha value is 1.60. The minimum absolute atomic E-state index is 0. The van der Waals surface area contributed by atoms with Gasteiger partial charge in [0.2, 0.25) is 0 Å². The zero-order valence-corrected chi connectivity index (χ0v) is 7.27. The molecule has 0 heterocycles. The van der Waals surface area contributed by atoms with Crippen LogP contribution >= 0.6 is 9.90 Å². The van der Waals surface area contributed by atoms with Crippen LogP contribution in [0.15, 0.2) is 0 Å². The summed E-state index contributed by atoms with van der Waals surface area (Å²) in [7, 11) is 0. The van der Waals surface area contributed by atoms with Gasteiger partial charge in [0.1, 0.15) is 0 Å². The predicted molar refractivity (Wildman–Crippen MR) is 7.61 cm³/mol. The minimum Gasteiger partial charge on any atom is 0 e. The van der Waals surface area contributed by atoms with Crippen molar-refractivity contribution in [1.29, 1.82) is 0 Å². The van der Waals surface area contributed by atoms with E-state index in [0.29, 0.717) is 0 Å². The van der Waals surface area contributed by atoms with Gasteiger partial charge in [0.05, 0.1) is 0 Å². The molecule has 18 valence electrons. The standard InChI is InChI=1S/O.P.V.Zn. The van der Waals surface area contributed by atoms with Crippen molar-refractivity contribution in [2.45, 2.75) is 0 Å². The van der Waals surface area contributed by atoms with Crippen LogP contribution in [0.1, 0.15) is 0 Å². The second-order valence-corrected chi connectivity index (χ2v) is 0. The van der Waals surface area contributed by atoms with Crippen LogP contribution in [-0.4, -0.2) is 0 Å². The third-order valence-corrected chi connectivity index (χ3v) is 0. The van der Waals surface area contributed by atoms with Gasteiger partial charge in [0.25, 0.3) is 0 Å². The van der Waals surface area contributed by atoms with Crippen molar-refractivity contribution in [3.63, 3.8) is 0 Å². The maximum absolute atomic E-state index is 0. The summed E-state index contributed by atoms with van der Waals surface area (Å²) in [5.41, 5.74) is 0. The molecular formula is OPVZn. The van der Waals surface area contributed by atoms with E-state index in [1.54, 1.807) is 0 Å². The van der Waals surface area contributed by atoms with E-state index in [0.717, 1.165) is 0 Å². The number of hydrogen-bond donors (Lipinski definition) is 0. The van der Waals surface area contributed by atoms with E-state index in [1.165, 1.54) is 0 Å². The van der Waals surface area contributed by atoms with Crippen molar-refractivity contribution in [1.82, 2.24) is 0 Å². The first kappa shape index (κ1) is 46.4. The van der Waals surface area contributed by atoms with Crippen LogP contribution in [0.4, 0.5) is 0 Å². The van der Waals surface area contributed by atoms with Gasteiger partial charge in [-0.15, -0.1) is 0 Å². The Morgan fingerprint density at radius 1 is 1.00 bits per heavy atom. The summed E-state index contributed by atoms with van der Waals surface area (Å²) >= 11 is 0. The molecule has 0 atom stereocenters. The van der Waals surface area contributed by atoms with E-state index in [2.05, 4.69) is 0 Å². The first-order valence-electron chi connectivity index (χ1n) is 0. The Labute approximate surface area is 53.5 Å². The van der Waals surface area contributed by atoms with Gasteiger partial charge < -0.3 is 0 Å². The summed E-state index contributed by atoms with van der Waals surface area (Å²) in [5, 5.41) is 0. The Kier molecular flexibility index (Phi) is 270. The molecule has 0 aliphatic carbocycles. The molecule has 0 unspecified atom stereocenters. The fourth-order valence-electron chi connectivity index (χ4n) is 0. The van der Waals surface area contributed by atoms with E-state index >= 15 is 0 Å². The topological polar surface area (TPSA) is 28.5 Å². The molecule has 4 heteroatoms. The van der Waals surface area contributed by atoms with Gasteiger partial charge in [-0.3, -0.25) is 0 Å². The molecule has 0 rings (SSSR count). The molecule has 4 heavy (non-hydrogen) atoms. The molecule has 0 amide bonds. The van der Waals surface area contributed by atoms with E-state index < -0.39 is 0 Å². The third kappa shape index (κ3) is 9.51. The number of hydrogen-bond acceptors (Lipinski definition) is 0. The van der Waals surface area contributed by atoms with E-state index in [9.17, 15) is 0 Å². The molecule has 0 aromatic carbocycles. The molecule has 6 radical (unpaired) electrons. The van der Waals surface area contributed by atoms with Crippen molar-refractivity contribution in [2.75, 3.05) is 0 Å². The van der Waals surface area contributed by atoms with Crippen LogP contribution < -0.4 is 0 Å². The minimum atomic E-state index is 0. The Bertz CT molecular complexity index is 8.00. The van der Waals surface area contributed by atoms with Gasteiger partial charge in [-0.2, -0.15) is 0 Å². The molecule has 0 aromatic rings. The molecule has 0 aliphatic heterocycles. The normalized spacial score (nSPS) is 0. The zero-order valence-electron chi connectivity index (χ0n) is 2.01. The zero-order chi connectivity index (χ0) is 0. The summed E-state index contributed by atoms with van der Waals surface area (Å²) in [4.78, 5) is 0. The van der Waals surface area contributed by atoms with Crippen LogP contribution in [0.5, 0.6) is 0 Å². The van der Waals surface area contributed by atoms with Gasteiger partial charge in [-0.25, -0.2) is 0 Å². The van der Waals surface area contributed by atoms with Crippen LogP contribution in [0.2, 0.25) is 0 Å². The molecule has 0 spiro atoms. The quantitative estimate of drug-likeness (QED) is 0.372. The first-order chi connectivity index (χ1) is 0. The molecule has 0 fully saturated rings.